The van der Waals surface area contributed by atoms with E-state index in [0.29, 0.717) is 5.82 Å². The fourth-order valence-electron chi connectivity index (χ4n) is 1.92. The van der Waals surface area contributed by atoms with Gasteiger partial charge in [-0.15, -0.1) is 0 Å². The minimum absolute atomic E-state index is 0.237. The predicted octanol–water partition coefficient (Wildman–Crippen LogP) is 2.29. The van der Waals surface area contributed by atoms with Gasteiger partial charge >= 0.3 is 0 Å². The number of phenolic OH excluding ortho intramolecular Hbond substituents is 1. The van der Waals surface area contributed by atoms with E-state index in [0.717, 1.165) is 16.9 Å². The number of hydrogen-bond acceptors (Lipinski definition) is 3. The molecule has 2 heterocycles. The number of benzene rings is 1. The molecule has 84 valence electrons. The Bertz CT molecular complexity index is 671. The van der Waals surface area contributed by atoms with Crippen LogP contribution in [0.4, 0.5) is 5.82 Å². The summed E-state index contributed by atoms with van der Waals surface area (Å²) in [5.41, 5.74) is 8.52. The first-order valence-corrected chi connectivity index (χ1v) is 5.27. The standard InChI is InChI=1S/C13H11N3O/c14-13-12(9-4-6-10(17)7-5-9)16-8-2-1-3-11(16)15-13/h1-8,17H,14H2. The normalized spacial score (nSPS) is 10.8. The van der Waals surface area contributed by atoms with Crippen molar-refractivity contribution >= 4 is 11.5 Å². The number of nitrogen functional groups attached to an aromatic ring is 1. The van der Waals surface area contributed by atoms with E-state index in [9.17, 15) is 5.11 Å². The molecule has 3 N–H and O–H groups in total. The third kappa shape index (κ3) is 1.50. The van der Waals surface area contributed by atoms with Gasteiger partial charge in [-0.2, -0.15) is 0 Å². The highest BCUT2D eigenvalue weighted by Crippen LogP contribution is 2.27. The highest BCUT2D eigenvalue weighted by atomic mass is 16.3. The molecule has 0 amide bonds. The Morgan fingerprint density at radius 1 is 1.06 bits per heavy atom. The summed E-state index contributed by atoms with van der Waals surface area (Å²) in [6.45, 7) is 0. The molecule has 0 saturated carbocycles. The Labute approximate surface area is 98.0 Å². The van der Waals surface area contributed by atoms with Crippen molar-refractivity contribution in [2.24, 2.45) is 0 Å². The number of imidazole rings is 1. The van der Waals surface area contributed by atoms with Crippen molar-refractivity contribution < 1.29 is 5.11 Å². The van der Waals surface area contributed by atoms with Gasteiger partial charge in [-0.3, -0.25) is 4.40 Å². The molecular formula is C13H11N3O. The highest BCUT2D eigenvalue weighted by molar-refractivity contribution is 5.75. The predicted molar refractivity (Wildman–Crippen MR) is 66.7 cm³/mol. The van der Waals surface area contributed by atoms with E-state index in [1.807, 2.05) is 40.9 Å². The van der Waals surface area contributed by atoms with Crippen LogP contribution in [0.5, 0.6) is 5.75 Å². The van der Waals surface area contributed by atoms with Gasteiger partial charge in [-0.05, 0) is 36.4 Å². The van der Waals surface area contributed by atoms with E-state index in [2.05, 4.69) is 4.98 Å². The second-order valence-electron chi connectivity index (χ2n) is 3.82. The molecule has 0 aliphatic heterocycles. The lowest BCUT2D eigenvalue weighted by Crippen LogP contribution is -1.91. The maximum atomic E-state index is 9.28. The molecule has 4 heteroatoms. The third-order valence-corrected chi connectivity index (χ3v) is 2.70. The topological polar surface area (TPSA) is 63.5 Å². The Morgan fingerprint density at radius 3 is 2.59 bits per heavy atom. The molecule has 0 radical (unpaired) electrons. The van der Waals surface area contributed by atoms with Crippen molar-refractivity contribution in [1.82, 2.24) is 9.38 Å². The minimum Gasteiger partial charge on any atom is -0.508 e. The lowest BCUT2D eigenvalue weighted by Gasteiger charge is -2.02. The van der Waals surface area contributed by atoms with Crippen LogP contribution >= 0.6 is 0 Å². The van der Waals surface area contributed by atoms with E-state index in [4.69, 9.17) is 5.73 Å². The zero-order valence-corrected chi connectivity index (χ0v) is 9.04. The highest BCUT2D eigenvalue weighted by Gasteiger charge is 2.10. The Kier molecular flexibility index (Phi) is 2.01. The molecule has 0 aliphatic rings. The second kappa shape index (κ2) is 3.52. The zero-order valence-electron chi connectivity index (χ0n) is 9.04. The first-order valence-electron chi connectivity index (χ1n) is 5.27. The summed E-state index contributed by atoms with van der Waals surface area (Å²) in [5.74, 6) is 0.725. The van der Waals surface area contributed by atoms with Gasteiger partial charge in [0.25, 0.3) is 0 Å². The lowest BCUT2D eigenvalue weighted by molar-refractivity contribution is 0.475. The smallest absolute Gasteiger partial charge is 0.150 e. The van der Waals surface area contributed by atoms with E-state index >= 15 is 0 Å². The average molecular weight is 225 g/mol. The average Bonchev–Trinajstić information content (AvgIpc) is 2.66. The second-order valence-corrected chi connectivity index (χ2v) is 3.82. The van der Waals surface area contributed by atoms with Crippen LogP contribution in [0.25, 0.3) is 16.9 Å². The third-order valence-electron chi connectivity index (χ3n) is 2.70. The molecular weight excluding hydrogens is 214 g/mol. The molecule has 0 fully saturated rings. The van der Waals surface area contributed by atoms with Crippen LogP contribution in [0.3, 0.4) is 0 Å². The van der Waals surface area contributed by atoms with E-state index in [-0.39, 0.29) is 5.75 Å². The number of nitrogens with zero attached hydrogens (tertiary/aromatic N) is 2. The van der Waals surface area contributed by atoms with Gasteiger partial charge in [0.05, 0.1) is 5.69 Å². The van der Waals surface area contributed by atoms with Crippen molar-refractivity contribution in [2.75, 3.05) is 5.73 Å². The van der Waals surface area contributed by atoms with Gasteiger partial charge in [0.15, 0.2) is 5.82 Å². The zero-order chi connectivity index (χ0) is 11.8. The van der Waals surface area contributed by atoms with Crippen molar-refractivity contribution in [3.05, 3.63) is 48.7 Å². The first kappa shape index (κ1) is 9.72. The number of pyridine rings is 1. The molecule has 3 rings (SSSR count). The molecule has 0 aliphatic carbocycles. The maximum Gasteiger partial charge on any atom is 0.150 e. The molecule has 0 unspecified atom stereocenters. The summed E-state index contributed by atoms with van der Waals surface area (Å²) < 4.78 is 1.93. The first-order chi connectivity index (χ1) is 8.25. The van der Waals surface area contributed by atoms with Crippen molar-refractivity contribution in [1.29, 1.82) is 0 Å². The molecule has 4 nitrogen and oxygen atoms in total. The number of phenols is 1. The Balaban J connectivity index is 2.29. The number of nitrogens with two attached hydrogens (primary N) is 1. The van der Waals surface area contributed by atoms with Gasteiger partial charge in [-0.1, -0.05) is 6.07 Å². The van der Waals surface area contributed by atoms with Crippen LogP contribution in [0.2, 0.25) is 0 Å². The molecule has 3 aromatic rings. The van der Waals surface area contributed by atoms with Crippen LogP contribution in [-0.4, -0.2) is 14.5 Å². The summed E-state index contributed by atoms with van der Waals surface area (Å²) in [6.07, 6.45) is 1.92. The molecule has 0 spiro atoms. The van der Waals surface area contributed by atoms with Gasteiger partial charge in [0.2, 0.25) is 0 Å². The van der Waals surface area contributed by atoms with Crippen molar-refractivity contribution in [2.45, 2.75) is 0 Å². The summed E-state index contributed by atoms with van der Waals surface area (Å²) in [4.78, 5) is 4.29. The summed E-state index contributed by atoms with van der Waals surface area (Å²) in [7, 11) is 0. The number of fused-ring (bicyclic) bond motifs is 1. The van der Waals surface area contributed by atoms with Crippen LogP contribution < -0.4 is 5.73 Å². The van der Waals surface area contributed by atoms with Crippen LogP contribution in [0.1, 0.15) is 0 Å². The Hall–Kier alpha value is -2.49. The van der Waals surface area contributed by atoms with E-state index in [1.165, 1.54) is 0 Å². The fourth-order valence-corrected chi connectivity index (χ4v) is 1.92. The SMILES string of the molecule is Nc1nc2ccccn2c1-c1ccc(O)cc1. The fraction of sp³-hybridized carbons (Fsp3) is 0. The number of hydrogen-bond donors (Lipinski definition) is 2. The molecule has 2 aromatic heterocycles. The maximum absolute atomic E-state index is 9.28. The van der Waals surface area contributed by atoms with E-state index < -0.39 is 0 Å². The number of rotatable bonds is 1. The van der Waals surface area contributed by atoms with Crippen molar-refractivity contribution in [3.8, 4) is 17.0 Å². The summed E-state index contributed by atoms with van der Waals surface area (Å²) in [5, 5.41) is 9.28. The van der Waals surface area contributed by atoms with Gasteiger partial charge < -0.3 is 10.8 Å². The van der Waals surface area contributed by atoms with Crippen LogP contribution in [-0.2, 0) is 0 Å². The summed E-state index contributed by atoms with van der Waals surface area (Å²) >= 11 is 0. The Morgan fingerprint density at radius 2 is 1.82 bits per heavy atom. The molecule has 0 saturated heterocycles. The van der Waals surface area contributed by atoms with E-state index in [1.54, 1.807) is 12.1 Å². The van der Waals surface area contributed by atoms with Gasteiger partial charge in [0.1, 0.15) is 11.4 Å². The number of aromatic nitrogens is 2. The van der Waals surface area contributed by atoms with Crippen molar-refractivity contribution in [3.63, 3.8) is 0 Å². The molecule has 0 atom stereocenters. The van der Waals surface area contributed by atoms with Gasteiger partial charge in [-0.25, -0.2) is 4.98 Å². The quantitative estimate of drug-likeness (QED) is 0.667. The van der Waals surface area contributed by atoms with Crippen LogP contribution in [0.15, 0.2) is 48.7 Å². The number of aromatic hydroxyl groups is 1. The molecule has 1 aromatic carbocycles. The number of anilines is 1. The lowest BCUT2D eigenvalue weighted by atomic mass is 10.1. The van der Waals surface area contributed by atoms with Gasteiger partial charge in [0, 0.05) is 11.8 Å². The molecule has 17 heavy (non-hydrogen) atoms. The summed E-state index contributed by atoms with van der Waals surface area (Å²) in [6, 6.07) is 12.7. The van der Waals surface area contributed by atoms with Crippen LogP contribution in [0, 0.1) is 0 Å². The minimum atomic E-state index is 0.237. The monoisotopic (exact) mass is 225 g/mol. The largest absolute Gasteiger partial charge is 0.508 e. The molecule has 0 bridgehead atoms.